The van der Waals surface area contributed by atoms with Crippen LogP contribution in [0.4, 0.5) is 0 Å². The zero-order valence-electron chi connectivity index (χ0n) is 10.8. The van der Waals surface area contributed by atoms with Gasteiger partial charge in [-0.2, -0.15) is 0 Å². The van der Waals surface area contributed by atoms with Crippen molar-refractivity contribution in [2.24, 2.45) is 0 Å². The summed E-state index contributed by atoms with van der Waals surface area (Å²) in [6.07, 6.45) is 4.19. The maximum Gasteiger partial charge on any atom is 0.263 e. The second-order valence-electron chi connectivity index (χ2n) is 3.87. The monoisotopic (exact) mass is 277 g/mol. The van der Waals surface area contributed by atoms with E-state index in [0.29, 0.717) is 17.3 Å². The average molecular weight is 277 g/mol. The first-order chi connectivity index (χ1) is 9.24. The number of aromatic nitrogens is 2. The maximum atomic E-state index is 11.8. The largest absolute Gasteiger partial charge is 0.481 e. The molecule has 0 fully saturated rings. The van der Waals surface area contributed by atoms with Crippen molar-refractivity contribution in [3.63, 3.8) is 0 Å². The van der Waals surface area contributed by atoms with Gasteiger partial charge in [-0.05, 0) is 12.5 Å². The Hall–Kier alpha value is -1.95. The van der Waals surface area contributed by atoms with Crippen molar-refractivity contribution in [1.29, 1.82) is 0 Å². The van der Waals surface area contributed by atoms with Crippen molar-refractivity contribution in [3.05, 3.63) is 29.4 Å². The van der Waals surface area contributed by atoms with E-state index in [1.54, 1.807) is 25.6 Å². The van der Waals surface area contributed by atoms with Crippen LogP contribution in [0.15, 0.2) is 24.5 Å². The molecule has 0 radical (unpaired) electrons. The molecule has 6 heteroatoms. The van der Waals surface area contributed by atoms with Gasteiger partial charge in [0.2, 0.25) is 5.88 Å². The number of hydrogen-bond donors (Lipinski definition) is 1. The number of carbonyl (C=O) groups excluding carboxylic acids is 1. The molecule has 1 N–H and O–H groups in total. The van der Waals surface area contributed by atoms with Crippen LogP contribution in [0.3, 0.4) is 0 Å². The van der Waals surface area contributed by atoms with Gasteiger partial charge in [0.1, 0.15) is 9.88 Å². The Balaban J connectivity index is 2.13. The molecule has 0 atom stereocenters. The quantitative estimate of drug-likeness (QED) is 0.911. The van der Waals surface area contributed by atoms with E-state index < -0.39 is 0 Å². The molecule has 19 heavy (non-hydrogen) atoms. The Labute approximate surface area is 115 Å². The molecule has 0 saturated heterocycles. The van der Waals surface area contributed by atoms with Crippen LogP contribution in [0.1, 0.15) is 23.0 Å². The number of ether oxygens (including phenoxy) is 1. The van der Waals surface area contributed by atoms with Crippen LogP contribution in [0.5, 0.6) is 5.88 Å². The lowest BCUT2D eigenvalue weighted by Gasteiger charge is -1.99. The van der Waals surface area contributed by atoms with Crippen LogP contribution < -0.4 is 10.1 Å². The molecule has 5 nitrogen and oxygen atoms in total. The molecule has 2 aromatic rings. The van der Waals surface area contributed by atoms with Crippen LogP contribution in [0.2, 0.25) is 0 Å². The third kappa shape index (κ3) is 3.29. The fraction of sp³-hybridized carbons (Fsp3) is 0.308. The van der Waals surface area contributed by atoms with Crippen LogP contribution in [-0.4, -0.2) is 29.5 Å². The fourth-order valence-corrected chi connectivity index (χ4v) is 2.29. The van der Waals surface area contributed by atoms with Gasteiger partial charge in [0, 0.05) is 24.4 Å². The van der Waals surface area contributed by atoms with E-state index in [-0.39, 0.29) is 5.91 Å². The Kier molecular flexibility index (Phi) is 4.46. The summed E-state index contributed by atoms with van der Waals surface area (Å²) >= 11 is 1.35. The zero-order valence-corrected chi connectivity index (χ0v) is 11.7. The Bertz CT molecular complexity index is 551. The summed E-state index contributed by atoms with van der Waals surface area (Å²) in [4.78, 5) is 20.8. The van der Waals surface area contributed by atoms with E-state index in [1.165, 1.54) is 11.3 Å². The first kappa shape index (κ1) is 13.5. The first-order valence-corrected chi connectivity index (χ1v) is 6.80. The summed E-state index contributed by atoms with van der Waals surface area (Å²) in [5.41, 5.74) is 0.875. The van der Waals surface area contributed by atoms with Crippen molar-refractivity contribution in [2.45, 2.75) is 13.3 Å². The second-order valence-corrected chi connectivity index (χ2v) is 4.91. The van der Waals surface area contributed by atoms with Gasteiger partial charge in [0.05, 0.1) is 13.3 Å². The molecule has 2 rings (SSSR count). The molecule has 0 aliphatic carbocycles. The number of amides is 1. The first-order valence-electron chi connectivity index (χ1n) is 5.99. The minimum absolute atomic E-state index is 0.0768. The number of carbonyl (C=O) groups is 1. The molecule has 0 aliphatic rings. The van der Waals surface area contributed by atoms with Gasteiger partial charge in [-0.3, -0.25) is 4.79 Å². The van der Waals surface area contributed by atoms with Crippen molar-refractivity contribution in [3.8, 4) is 16.5 Å². The number of pyridine rings is 1. The highest BCUT2D eigenvalue weighted by Crippen LogP contribution is 2.25. The molecule has 0 saturated carbocycles. The predicted octanol–water partition coefficient (Wildman–Crippen LogP) is 2.35. The van der Waals surface area contributed by atoms with Gasteiger partial charge in [-0.1, -0.05) is 6.92 Å². The highest BCUT2D eigenvalue weighted by molar-refractivity contribution is 7.16. The van der Waals surface area contributed by atoms with Crippen molar-refractivity contribution < 1.29 is 9.53 Å². The van der Waals surface area contributed by atoms with E-state index in [4.69, 9.17) is 4.74 Å². The summed E-state index contributed by atoms with van der Waals surface area (Å²) in [6.45, 7) is 2.69. The highest BCUT2D eigenvalue weighted by Gasteiger charge is 2.11. The number of hydrogen-bond acceptors (Lipinski definition) is 5. The van der Waals surface area contributed by atoms with Crippen LogP contribution >= 0.6 is 11.3 Å². The van der Waals surface area contributed by atoms with Gasteiger partial charge >= 0.3 is 0 Å². The molecular weight excluding hydrogens is 262 g/mol. The summed E-state index contributed by atoms with van der Waals surface area (Å²) < 4.78 is 5.00. The van der Waals surface area contributed by atoms with Gasteiger partial charge in [-0.25, -0.2) is 9.97 Å². The van der Waals surface area contributed by atoms with Crippen molar-refractivity contribution in [1.82, 2.24) is 15.3 Å². The molecule has 2 aromatic heterocycles. The summed E-state index contributed by atoms with van der Waals surface area (Å²) in [5.74, 6) is 0.480. The summed E-state index contributed by atoms with van der Waals surface area (Å²) in [5, 5.41) is 3.60. The lowest BCUT2D eigenvalue weighted by atomic mass is 10.3. The molecule has 2 heterocycles. The maximum absolute atomic E-state index is 11.8. The highest BCUT2D eigenvalue weighted by atomic mass is 32.1. The number of rotatable bonds is 5. The predicted molar refractivity (Wildman–Crippen MR) is 74.5 cm³/mol. The molecule has 1 amide bonds. The van der Waals surface area contributed by atoms with E-state index in [1.807, 2.05) is 13.0 Å². The lowest BCUT2D eigenvalue weighted by molar-refractivity contribution is 0.0957. The lowest BCUT2D eigenvalue weighted by Crippen LogP contribution is -2.22. The Morgan fingerprint density at radius 3 is 2.84 bits per heavy atom. The second kappa shape index (κ2) is 6.29. The number of nitrogens with zero attached hydrogens (tertiary/aromatic N) is 2. The van der Waals surface area contributed by atoms with E-state index in [2.05, 4.69) is 15.3 Å². The Morgan fingerprint density at radius 1 is 1.37 bits per heavy atom. The topological polar surface area (TPSA) is 64.1 Å². The van der Waals surface area contributed by atoms with Crippen LogP contribution in [-0.2, 0) is 0 Å². The van der Waals surface area contributed by atoms with Crippen LogP contribution in [0.25, 0.3) is 10.6 Å². The van der Waals surface area contributed by atoms with E-state index >= 15 is 0 Å². The standard InChI is InChI=1S/C13H15N3O2S/c1-3-6-14-12(17)10-8-16-13(19-10)9-4-5-11(18-2)15-7-9/h4-5,7-8H,3,6H2,1-2H3,(H,14,17). The smallest absolute Gasteiger partial charge is 0.263 e. The van der Waals surface area contributed by atoms with Gasteiger partial charge < -0.3 is 10.1 Å². The molecular formula is C13H15N3O2S. The molecule has 100 valence electrons. The van der Waals surface area contributed by atoms with Gasteiger partial charge in [0.25, 0.3) is 5.91 Å². The van der Waals surface area contributed by atoms with Gasteiger partial charge in [0.15, 0.2) is 0 Å². The molecule has 0 spiro atoms. The summed E-state index contributed by atoms with van der Waals surface area (Å²) in [6, 6.07) is 3.64. The fourth-order valence-electron chi connectivity index (χ4n) is 1.47. The van der Waals surface area contributed by atoms with E-state index in [0.717, 1.165) is 17.0 Å². The third-order valence-electron chi connectivity index (χ3n) is 2.46. The van der Waals surface area contributed by atoms with Gasteiger partial charge in [-0.15, -0.1) is 11.3 Å². The summed E-state index contributed by atoms with van der Waals surface area (Å²) in [7, 11) is 1.57. The van der Waals surface area contributed by atoms with Crippen LogP contribution in [0, 0.1) is 0 Å². The number of nitrogens with one attached hydrogen (secondary N) is 1. The van der Waals surface area contributed by atoms with Crippen molar-refractivity contribution in [2.75, 3.05) is 13.7 Å². The molecule has 0 aromatic carbocycles. The SMILES string of the molecule is CCCNC(=O)c1cnc(-c2ccc(OC)nc2)s1. The minimum atomic E-state index is -0.0768. The number of methoxy groups -OCH3 is 1. The normalized spacial score (nSPS) is 10.2. The molecule has 0 unspecified atom stereocenters. The molecule has 0 bridgehead atoms. The minimum Gasteiger partial charge on any atom is -0.481 e. The van der Waals surface area contributed by atoms with Crippen molar-refractivity contribution >= 4 is 17.2 Å². The van der Waals surface area contributed by atoms with E-state index in [9.17, 15) is 4.79 Å². The Morgan fingerprint density at radius 2 is 2.21 bits per heavy atom. The number of thiazole rings is 1. The zero-order chi connectivity index (χ0) is 13.7. The third-order valence-corrected chi connectivity index (χ3v) is 3.50. The average Bonchev–Trinajstić information content (AvgIpc) is 2.94. The molecule has 0 aliphatic heterocycles.